The van der Waals surface area contributed by atoms with E-state index in [1.807, 2.05) is 20.8 Å². The fraction of sp³-hybridized carbons (Fsp3) is 1.00. The molecule has 3 heterocycles. The lowest BCUT2D eigenvalue weighted by molar-refractivity contribution is -0.467. The Morgan fingerprint density at radius 1 is 1.20 bits per heavy atom. The van der Waals surface area contributed by atoms with Crippen molar-refractivity contribution in [1.29, 1.82) is 0 Å². The van der Waals surface area contributed by atoms with Crippen LogP contribution in [0.1, 0.15) is 20.8 Å². The van der Waals surface area contributed by atoms with Crippen molar-refractivity contribution in [2.24, 2.45) is 5.41 Å². The van der Waals surface area contributed by atoms with E-state index < -0.39 is 13.8 Å². The lowest BCUT2D eigenvalue weighted by Crippen LogP contribution is -2.64. The lowest BCUT2D eigenvalue weighted by Gasteiger charge is -2.60. The molecule has 0 aromatic rings. The van der Waals surface area contributed by atoms with Crippen molar-refractivity contribution in [1.82, 2.24) is 0 Å². The zero-order valence-corrected chi connectivity index (χ0v) is 6.97. The summed E-state index contributed by atoms with van der Waals surface area (Å²) in [5, 5.41) is 0. The first-order valence-corrected chi connectivity index (χ1v) is 4.55. The van der Waals surface area contributed by atoms with Crippen molar-refractivity contribution in [3.63, 3.8) is 0 Å². The second kappa shape index (κ2) is 1.34. The quantitative estimate of drug-likeness (QED) is 0.512. The fourth-order valence-electron chi connectivity index (χ4n) is 0.873. The number of hydrogen-bond acceptors (Lipinski definition) is 4. The van der Waals surface area contributed by atoms with Crippen molar-refractivity contribution in [3.05, 3.63) is 0 Å². The number of phosphoric acid groups is 1. The lowest BCUT2D eigenvalue weighted by atomic mass is 9.93. The molecule has 0 N–H and O–H groups in total. The summed E-state index contributed by atoms with van der Waals surface area (Å²) >= 11 is 0. The number of phosphoric ester groups is 1. The minimum atomic E-state index is -2.98. The molecule has 0 aromatic carbocycles. The van der Waals surface area contributed by atoms with E-state index in [1.165, 1.54) is 0 Å². The maximum absolute atomic E-state index is 10.7. The van der Waals surface area contributed by atoms with Crippen molar-refractivity contribution in [3.8, 4) is 0 Å². The van der Waals surface area contributed by atoms with E-state index in [4.69, 9.17) is 13.6 Å². The summed E-state index contributed by atoms with van der Waals surface area (Å²) in [6.07, 6.45) is 0. The van der Waals surface area contributed by atoms with E-state index in [2.05, 4.69) is 0 Å². The third-order valence-corrected chi connectivity index (χ3v) is 3.01. The van der Waals surface area contributed by atoms with Gasteiger partial charge in [0.25, 0.3) is 0 Å². The van der Waals surface area contributed by atoms with Crippen LogP contribution in [-0.2, 0) is 18.1 Å². The van der Waals surface area contributed by atoms with Gasteiger partial charge in [0.15, 0.2) is 0 Å². The van der Waals surface area contributed by atoms with E-state index in [-0.39, 0.29) is 5.41 Å². The van der Waals surface area contributed by atoms with Gasteiger partial charge in [-0.25, -0.2) is 18.1 Å². The van der Waals surface area contributed by atoms with Gasteiger partial charge >= 0.3 is 13.8 Å². The number of rotatable bonds is 0. The second-order valence-electron chi connectivity index (χ2n) is 3.53. The molecule has 3 aliphatic rings. The van der Waals surface area contributed by atoms with Crippen LogP contribution in [0.25, 0.3) is 0 Å². The third-order valence-electron chi connectivity index (χ3n) is 1.61. The van der Waals surface area contributed by atoms with Gasteiger partial charge in [0, 0.05) is 5.41 Å². The Labute approximate surface area is 59.1 Å². The zero-order chi connectivity index (χ0) is 7.62. The van der Waals surface area contributed by atoms with Crippen LogP contribution in [0.3, 0.4) is 0 Å². The molecule has 0 amide bonds. The molecule has 0 unspecified atom stereocenters. The minimum Gasteiger partial charge on any atom is -0.227 e. The van der Waals surface area contributed by atoms with Gasteiger partial charge in [-0.15, -0.1) is 0 Å². The molecule has 3 rings (SSSR count). The average molecular weight is 164 g/mol. The molecule has 5 heteroatoms. The van der Waals surface area contributed by atoms with Crippen LogP contribution in [0, 0.1) is 5.41 Å². The summed E-state index contributed by atoms with van der Waals surface area (Å²) in [7, 11) is -2.98. The molecule has 10 heavy (non-hydrogen) atoms. The SMILES string of the molecule is CC(C)(C)C12OP(=O)(O1)O2. The maximum Gasteiger partial charge on any atom is 0.488 e. The first-order chi connectivity index (χ1) is 4.37. The molecule has 0 spiro atoms. The molecule has 3 aliphatic heterocycles. The van der Waals surface area contributed by atoms with Crippen molar-refractivity contribution < 1.29 is 18.1 Å². The Morgan fingerprint density at radius 3 is 1.70 bits per heavy atom. The largest absolute Gasteiger partial charge is 0.488 e. The van der Waals surface area contributed by atoms with E-state index in [9.17, 15) is 4.57 Å². The molecule has 4 nitrogen and oxygen atoms in total. The van der Waals surface area contributed by atoms with Crippen LogP contribution in [0.4, 0.5) is 0 Å². The summed E-state index contributed by atoms with van der Waals surface area (Å²) < 4.78 is 25.4. The van der Waals surface area contributed by atoms with Gasteiger partial charge in [-0.05, 0) is 0 Å². The van der Waals surface area contributed by atoms with Gasteiger partial charge in [0.1, 0.15) is 0 Å². The summed E-state index contributed by atoms with van der Waals surface area (Å²) in [6, 6.07) is 0. The van der Waals surface area contributed by atoms with Gasteiger partial charge in [-0.3, -0.25) is 0 Å². The van der Waals surface area contributed by atoms with Gasteiger partial charge in [0.05, 0.1) is 0 Å². The Bertz CT molecular complexity index is 202. The van der Waals surface area contributed by atoms with Gasteiger partial charge in [-0.1, -0.05) is 20.8 Å². The predicted octanol–water partition coefficient (Wildman–Crippen LogP) is 1.87. The van der Waals surface area contributed by atoms with Crippen LogP contribution in [0.15, 0.2) is 0 Å². The Hall–Kier alpha value is 0.110. The summed E-state index contributed by atoms with van der Waals surface area (Å²) in [4.78, 5) is 0. The molecule has 0 saturated carbocycles. The third kappa shape index (κ3) is 0.558. The molecule has 0 atom stereocenters. The highest BCUT2D eigenvalue weighted by atomic mass is 31.2. The van der Waals surface area contributed by atoms with Crippen LogP contribution in [0.2, 0.25) is 0 Å². The highest BCUT2D eigenvalue weighted by Crippen LogP contribution is 2.83. The van der Waals surface area contributed by atoms with E-state index in [0.29, 0.717) is 0 Å². The van der Waals surface area contributed by atoms with Crippen molar-refractivity contribution >= 4 is 7.82 Å². The molecule has 0 aliphatic carbocycles. The second-order valence-corrected chi connectivity index (χ2v) is 4.97. The zero-order valence-electron chi connectivity index (χ0n) is 6.08. The molecule has 3 saturated heterocycles. The average Bonchev–Trinajstić information content (AvgIpc) is 1.51. The van der Waals surface area contributed by atoms with E-state index >= 15 is 0 Å². The standard InChI is InChI=1S/C5H9O4P/c1-4(2,3)5-7-10(6,8-5)9-5/h1-3H3. The highest BCUT2D eigenvalue weighted by Gasteiger charge is 2.79. The fourth-order valence-corrected chi connectivity index (χ4v) is 2.62. The monoisotopic (exact) mass is 164 g/mol. The Morgan fingerprint density at radius 2 is 1.60 bits per heavy atom. The molecular formula is C5H9O4P. The smallest absolute Gasteiger partial charge is 0.227 e. The normalized spacial score (nSPS) is 51.5. The molecule has 2 bridgehead atoms. The first kappa shape index (κ1) is 6.80. The molecule has 58 valence electrons. The van der Waals surface area contributed by atoms with Gasteiger partial charge in [-0.2, -0.15) is 0 Å². The minimum absolute atomic E-state index is 0.265. The van der Waals surface area contributed by atoms with Gasteiger partial charge < -0.3 is 0 Å². The molecule has 0 aromatic heterocycles. The Balaban J connectivity index is 2.18. The van der Waals surface area contributed by atoms with E-state index in [0.717, 1.165) is 0 Å². The predicted molar refractivity (Wildman–Crippen MR) is 33.0 cm³/mol. The highest BCUT2D eigenvalue weighted by molar-refractivity contribution is 7.51. The van der Waals surface area contributed by atoms with Crippen molar-refractivity contribution in [2.75, 3.05) is 0 Å². The molecule has 0 radical (unpaired) electrons. The van der Waals surface area contributed by atoms with Crippen molar-refractivity contribution in [2.45, 2.75) is 26.7 Å². The maximum atomic E-state index is 10.7. The number of hydrogen-bond donors (Lipinski definition) is 0. The van der Waals surface area contributed by atoms with Crippen LogP contribution in [0.5, 0.6) is 0 Å². The Kier molecular flexibility index (Phi) is 0.914. The summed E-state index contributed by atoms with van der Waals surface area (Å²) in [5.74, 6) is -0.997. The van der Waals surface area contributed by atoms with Gasteiger partial charge in [0.2, 0.25) is 0 Å². The van der Waals surface area contributed by atoms with Crippen LogP contribution in [-0.4, -0.2) is 5.97 Å². The summed E-state index contributed by atoms with van der Waals surface area (Å²) in [5.41, 5.74) is -0.265. The molecule has 3 fully saturated rings. The van der Waals surface area contributed by atoms with E-state index in [1.54, 1.807) is 0 Å². The summed E-state index contributed by atoms with van der Waals surface area (Å²) in [6.45, 7) is 5.70. The van der Waals surface area contributed by atoms with Crippen LogP contribution < -0.4 is 0 Å². The van der Waals surface area contributed by atoms with Crippen LogP contribution >= 0.6 is 7.82 Å². The molecular weight excluding hydrogens is 155 g/mol. The topological polar surface area (TPSA) is 44.8 Å². The first-order valence-electron chi connectivity index (χ1n) is 3.09.